The van der Waals surface area contributed by atoms with Gasteiger partial charge in [0.25, 0.3) is 0 Å². The number of hydrogen-bond donors (Lipinski definition) is 0. The Labute approximate surface area is 85.1 Å². The molecule has 0 saturated heterocycles. The Morgan fingerprint density at radius 2 is 2.00 bits per heavy atom. The molecule has 0 heterocycles. The van der Waals surface area contributed by atoms with Crippen LogP contribution in [0.15, 0.2) is 0 Å². The Morgan fingerprint density at radius 1 is 1.21 bits per heavy atom. The summed E-state index contributed by atoms with van der Waals surface area (Å²) >= 11 is 0. The molecule has 0 amide bonds. The van der Waals surface area contributed by atoms with Gasteiger partial charge < -0.3 is 0 Å². The molecule has 78 valence electrons. The molecule has 2 fully saturated rings. The lowest BCUT2D eigenvalue weighted by Gasteiger charge is -2.38. The van der Waals surface area contributed by atoms with Crippen molar-refractivity contribution in [3.63, 3.8) is 0 Å². The lowest BCUT2D eigenvalue weighted by molar-refractivity contribution is -0.136. The van der Waals surface area contributed by atoms with E-state index >= 15 is 0 Å². The second kappa shape index (κ2) is 3.48. The molecule has 2 saturated carbocycles. The van der Waals surface area contributed by atoms with Crippen LogP contribution < -0.4 is 0 Å². The van der Waals surface area contributed by atoms with Crippen LogP contribution in [0.4, 0.5) is 0 Å². The van der Waals surface area contributed by atoms with Gasteiger partial charge in [-0.3, -0.25) is 9.59 Å². The van der Waals surface area contributed by atoms with E-state index in [1.165, 1.54) is 0 Å². The number of fused-ring (bicyclic) bond motifs is 1. The molecule has 2 heteroatoms. The predicted octanol–water partition coefficient (Wildman–Crippen LogP) is 2.51. The minimum Gasteiger partial charge on any atom is -0.300 e. The average molecular weight is 194 g/mol. The summed E-state index contributed by atoms with van der Waals surface area (Å²) in [7, 11) is 0. The molecule has 2 aliphatic carbocycles. The monoisotopic (exact) mass is 194 g/mol. The normalized spacial score (nSPS) is 39.1. The van der Waals surface area contributed by atoms with Gasteiger partial charge in [-0.15, -0.1) is 0 Å². The maximum Gasteiger partial charge on any atom is 0.139 e. The largest absolute Gasteiger partial charge is 0.300 e. The van der Waals surface area contributed by atoms with Crippen LogP contribution in [0.2, 0.25) is 0 Å². The first-order valence-electron chi connectivity index (χ1n) is 5.68. The van der Waals surface area contributed by atoms with Gasteiger partial charge in [-0.2, -0.15) is 0 Å². The van der Waals surface area contributed by atoms with Crippen molar-refractivity contribution in [3.05, 3.63) is 0 Å². The number of ketones is 2. The summed E-state index contributed by atoms with van der Waals surface area (Å²) in [6.07, 6.45) is 6.05. The summed E-state index contributed by atoms with van der Waals surface area (Å²) < 4.78 is 0. The quantitative estimate of drug-likeness (QED) is 0.593. The molecular weight excluding hydrogens is 176 g/mol. The third-order valence-electron chi connectivity index (χ3n) is 4.14. The Bertz CT molecular complexity index is 269. The molecule has 0 aliphatic heterocycles. The van der Waals surface area contributed by atoms with E-state index in [4.69, 9.17) is 0 Å². The van der Waals surface area contributed by atoms with E-state index in [1.807, 2.05) is 0 Å². The molecule has 0 unspecified atom stereocenters. The highest BCUT2D eigenvalue weighted by molar-refractivity contribution is 5.89. The van der Waals surface area contributed by atoms with E-state index in [0.717, 1.165) is 32.1 Å². The molecule has 0 N–H and O–H groups in total. The zero-order valence-electron chi connectivity index (χ0n) is 8.84. The maximum absolute atomic E-state index is 12.0. The van der Waals surface area contributed by atoms with E-state index in [2.05, 4.69) is 6.92 Å². The van der Waals surface area contributed by atoms with Crippen LogP contribution in [-0.2, 0) is 9.59 Å². The zero-order chi connectivity index (χ0) is 10.2. The Balaban J connectivity index is 2.24. The predicted molar refractivity (Wildman–Crippen MR) is 53.9 cm³/mol. The topological polar surface area (TPSA) is 34.1 Å². The minimum atomic E-state index is -0.162. The van der Waals surface area contributed by atoms with E-state index in [0.29, 0.717) is 30.3 Å². The minimum absolute atomic E-state index is 0.162. The van der Waals surface area contributed by atoms with Crippen molar-refractivity contribution in [3.8, 4) is 0 Å². The number of Topliss-reactive ketones (excluding diaryl/α,β-unsaturated/α-hetero) is 2. The van der Waals surface area contributed by atoms with Crippen molar-refractivity contribution >= 4 is 11.6 Å². The number of hydrogen-bond acceptors (Lipinski definition) is 2. The van der Waals surface area contributed by atoms with Crippen molar-refractivity contribution in [2.75, 3.05) is 0 Å². The van der Waals surface area contributed by atoms with Gasteiger partial charge >= 0.3 is 0 Å². The van der Waals surface area contributed by atoms with Crippen LogP contribution in [0.1, 0.15) is 51.9 Å². The van der Waals surface area contributed by atoms with Crippen molar-refractivity contribution in [2.45, 2.75) is 51.9 Å². The van der Waals surface area contributed by atoms with E-state index in [-0.39, 0.29) is 5.41 Å². The fourth-order valence-corrected chi connectivity index (χ4v) is 2.95. The second-order valence-corrected chi connectivity index (χ2v) is 5.03. The van der Waals surface area contributed by atoms with E-state index in [9.17, 15) is 9.59 Å². The fourth-order valence-electron chi connectivity index (χ4n) is 2.95. The van der Waals surface area contributed by atoms with Crippen LogP contribution in [0.3, 0.4) is 0 Å². The van der Waals surface area contributed by atoms with Crippen LogP contribution in [0.5, 0.6) is 0 Å². The Morgan fingerprint density at radius 3 is 2.79 bits per heavy atom. The molecule has 0 aromatic heterocycles. The zero-order valence-corrected chi connectivity index (χ0v) is 8.84. The van der Waals surface area contributed by atoms with Crippen molar-refractivity contribution in [2.24, 2.45) is 11.3 Å². The van der Waals surface area contributed by atoms with E-state index < -0.39 is 0 Å². The highest BCUT2D eigenvalue weighted by Gasteiger charge is 2.44. The van der Waals surface area contributed by atoms with Crippen LogP contribution in [0.25, 0.3) is 0 Å². The molecule has 2 nitrogen and oxygen atoms in total. The highest BCUT2D eigenvalue weighted by Crippen LogP contribution is 2.45. The first-order chi connectivity index (χ1) is 6.63. The SMILES string of the molecule is C[C@]12CCC(=O)C[C@H]1CCCCC2=O. The number of carbonyl (C=O) groups excluding carboxylic acids is 2. The molecule has 2 rings (SSSR count). The van der Waals surface area contributed by atoms with Gasteiger partial charge in [-0.25, -0.2) is 0 Å². The summed E-state index contributed by atoms with van der Waals surface area (Å²) in [5, 5.41) is 0. The molecule has 14 heavy (non-hydrogen) atoms. The van der Waals surface area contributed by atoms with E-state index in [1.54, 1.807) is 0 Å². The molecule has 0 radical (unpaired) electrons. The molecule has 2 aliphatic rings. The molecular formula is C12H18O2. The van der Waals surface area contributed by atoms with Gasteiger partial charge in [-0.05, 0) is 25.2 Å². The summed E-state index contributed by atoms with van der Waals surface area (Å²) in [5.74, 6) is 1.12. The molecule has 0 bridgehead atoms. The van der Waals surface area contributed by atoms with Crippen molar-refractivity contribution in [1.29, 1.82) is 0 Å². The first kappa shape index (κ1) is 9.88. The number of carbonyl (C=O) groups is 2. The van der Waals surface area contributed by atoms with Gasteiger partial charge in [-0.1, -0.05) is 13.3 Å². The van der Waals surface area contributed by atoms with Crippen molar-refractivity contribution in [1.82, 2.24) is 0 Å². The molecule has 0 aromatic carbocycles. The second-order valence-electron chi connectivity index (χ2n) is 5.03. The average Bonchev–Trinajstić information content (AvgIpc) is 2.29. The lowest BCUT2D eigenvalue weighted by Crippen LogP contribution is -2.39. The first-order valence-corrected chi connectivity index (χ1v) is 5.68. The Hall–Kier alpha value is -0.660. The van der Waals surface area contributed by atoms with Gasteiger partial charge in [0.1, 0.15) is 11.6 Å². The molecule has 2 atom stereocenters. The molecule has 0 spiro atoms. The molecule has 0 aromatic rings. The Kier molecular flexibility index (Phi) is 2.46. The summed E-state index contributed by atoms with van der Waals surface area (Å²) in [6, 6.07) is 0. The van der Waals surface area contributed by atoms with Crippen LogP contribution in [-0.4, -0.2) is 11.6 Å². The van der Waals surface area contributed by atoms with Gasteiger partial charge in [0, 0.05) is 24.7 Å². The van der Waals surface area contributed by atoms with Crippen LogP contribution >= 0.6 is 0 Å². The number of rotatable bonds is 0. The standard InChI is InChI=1S/C12H18O2/c1-12-7-6-10(13)8-9(12)4-2-3-5-11(12)14/h9H,2-8H2,1H3/t9-,12+/m1/s1. The highest BCUT2D eigenvalue weighted by atomic mass is 16.1. The summed E-state index contributed by atoms with van der Waals surface area (Å²) in [5.41, 5.74) is -0.162. The summed E-state index contributed by atoms with van der Waals surface area (Å²) in [6.45, 7) is 2.08. The van der Waals surface area contributed by atoms with Gasteiger partial charge in [0.2, 0.25) is 0 Å². The summed E-state index contributed by atoms with van der Waals surface area (Å²) in [4.78, 5) is 23.3. The fraction of sp³-hybridized carbons (Fsp3) is 0.833. The lowest BCUT2D eigenvalue weighted by atomic mass is 9.64. The third-order valence-corrected chi connectivity index (χ3v) is 4.14. The van der Waals surface area contributed by atoms with Crippen molar-refractivity contribution < 1.29 is 9.59 Å². The van der Waals surface area contributed by atoms with Gasteiger partial charge in [0.15, 0.2) is 0 Å². The maximum atomic E-state index is 12.0. The smallest absolute Gasteiger partial charge is 0.139 e. The third kappa shape index (κ3) is 1.51. The van der Waals surface area contributed by atoms with Gasteiger partial charge in [0.05, 0.1) is 0 Å². The van der Waals surface area contributed by atoms with Crippen LogP contribution in [0, 0.1) is 11.3 Å².